The second-order valence-corrected chi connectivity index (χ2v) is 4.57. The number of anilines is 1. The Morgan fingerprint density at radius 3 is 2.93 bits per heavy atom. The van der Waals surface area contributed by atoms with Crippen LogP contribution in [0.25, 0.3) is 10.1 Å². The Kier molecular flexibility index (Phi) is 2.60. The average Bonchev–Trinajstić information content (AvgIpc) is 2.59. The maximum atomic E-state index is 11.2. The number of fused-ring (bicyclic) bond motifs is 1. The summed E-state index contributed by atoms with van der Waals surface area (Å²) in [6, 6.07) is 7.81. The van der Waals surface area contributed by atoms with Crippen LogP contribution in [0.3, 0.4) is 0 Å². The first-order valence-corrected chi connectivity index (χ1v) is 5.50. The Morgan fingerprint density at radius 2 is 2.20 bits per heavy atom. The molecule has 2 aromatic rings. The molecule has 0 saturated carbocycles. The molecule has 2 amide bonds. The molecule has 0 bridgehead atoms. The van der Waals surface area contributed by atoms with Crippen LogP contribution < -0.4 is 10.6 Å². The van der Waals surface area contributed by atoms with Gasteiger partial charge in [-0.2, -0.15) is 0 Å². The maximum Gasteiger partial charge on any atom is 0.318 e. The predicted octanol–water partition coefficient (Wildman–Crippen LogP) is 2.96. The van der Waals surface area contributed by atoms with Gasteiger partial charge in [0.2, 0.25) is 0 Å². The average molecular weight is 220 g/mol. The Hall–Kier alpha value is -1.55. The third-order valence-corrected chi connectivity index (χ3v) is 3.18. The lowest BCUT2D eigenvalue weighted by Gasteiger charge is -2.04. The van der Waals surface area contributed by atoms with E-state index in [0.29, 0.717) is 0 Å². The largest absolute Gasteiger partial charge is 0.341 e. The van der Waals surface area contributed by atoms with Crippen LogP contribution >= 0.6 is 11.3 Å². The van der Waals surface area contributed by atoms with E-state index < -0.39 is 0 Å². The molecule has 0 saturated heterocycles. The van der Waals surface area contributed by atoms with E-state index in [1.165, 1.54) is 9.58 Å². The first-order valence-electron chi connectivity index (χ1n) is 4.68. The van der Waals surface area contributed by atoms with Crippen LogP contribution in [-0.4, -0.2) is 13.1 Å². The molecule has 1 aromatic heterocycles. The molecule has 4 heteroatoms. The van der Waals surface area contributed by atoms with Crippen molar-refractivity contribution in [1.29, 1.82) is 0 Å². The predicted molar refractivity (Wildman–Crippen MR) is 64.6 cm³/mol. The highest BCUT2D eigenvalue weighted by molar-refractivity contribution is 7.19. The number of carbonyl (C=O) groups is 1. The zero-order valence-electron chi connectivity index (χ0n) is 8.63. The van der Waals surface area contributed by atoms with E-state index in [1.807, 2.05) is 12.1 Å². The standard InChI is InChI=1S/C11H12N2OS/c1-7-6-8-9(13-11(14)12-2)4-3-5-10(8)15-7/h3-6H,1-2H3,(H2,12,13,14). The number of hydrogen-bond donors (Lipinski definition) is 2. The van der Waals surface area contributed by atoms with Gasteiger partial charge in [-0.3, -0.25) is 0 Å². The Labute approximate surface area is 92.1 Å². The summed E-state index contributed by atoms with van der Waals surface area (Å²) < 4.78 is 1.20. The van der Waals surface area contributed by atoms with Crippen LogP contribution in [0.1, 0.15) is 4.88 Å². The van der Waals surface area contributed by atoms with Crippen molar-refractivity contribution in [2.75, 3.05) is 12.4 Å². The van der Waals surface area contributed by atoms with Crippen molar-refractivity contribution >= 4 is 33.1 Å². The molecule has 1 aromatic carbocycles. The fourth-order valence-corrected chi connectivity index (χ4v) is 2.43. The minimum Gasteiger partial charge on any atom is -0.341 e. The number of amides is 2. The highest BCUT2D eigenvalue weighted by atomic mass is 32.1. The zero-order chi connectivity index (χ0) is 10.8. The van der Waals surface area contributed by atoms with Crippen molar-refractivity contribution in [3.63, 3.8) is 0 Å². The first-order chi connectivity index (χ1) is 7.20. The number of benzene rings is 1. The van der Waals surface area contributed by atoms with Gasteiger partial charge < -0.3 is 10.6 Å². The van der Waals surface area contributed by atoms with Crippen LogP contribution in [0.4, 0.5) is 10.5 Å². The molecule has 78 valence electrons. The number of urea groups is 1. The molecular weight excluding hydrogens is 208 g/mol. The van der Waals surface area contributed by atoms with Gasteiger partial charge in [0.05, 0.1) is 5.69 Å². The quantitative estimate of drug-likeness (QED) is 0.762. The normalized spacial score (nSPS) is 10.3. The molecule has 0 fully saturated rings. The molecule has 3 nitrogen and oxygen atoms in total. The van der Waals surface area contributed by atoms with Gasteiger partial charge in [-0.25, -0.2) is 4.79 Å². The van der Waals surface area contributed by atoms with Crippen LogP contribution in [0.5, 0.6) is 0 Å². The van der Waals surface area contributed by atoms with E-state index in [2.05, 4.69) is 29.7 Å². The molecule has 2 rings (SSSR count). The zero-order valence-corrected chi connectivity index (χ0v) is 9.44. The molecule has 0 unspecified atom stereocenters. The van der Waals surface area contributed by atoms with Gasteiger partial charge in [0.15, 0.2) is 0 Å². The summed E-state index contributed by atoms with van der Waals surface area (Å²) in [7, 11) is 1.61. The second kappa shape index (κ2) is 3.90. The van der Waals surface area contributed by atoms with Gasteiger partial charge >= 0.3 is 6.03 Å². The van der Waals surface area contributed by atoms with Crippen molar-refractivity contribution < 1.29 is 4.79 Å². The fourth-order valence-electron chi connectivity index (χ4n) is 1.48. The van der Waals surface area contributed by atoms with Crippen molar-refractivity contribution in [2.45, 2.75) is 6.92 Å². The Balaban J connectivity index is 2.46. The van der Waals surface area contributed by atoms with Gasteiger partial charge in [-0.15, -0.1) is 11.3 Å². The number of hydrogen-bond acceptors (Lipinski definition) is 2. The van der Waals surface area contributed by atoms with E-state index in [-0.39, 0.29) is 6.03 Å². The summed E-state index contributed by atoms with van der Waals surface area (Å²) in [5.74, 6) is 0. The van der Waals surface area contributed by atoms with Gasteiger partial charge in [-0.1, -0.05) is 6.07 Å². The lowest BCUT2D eigenvalue weighted by Crippen LogP contribution is -2.24. The van der Waals surface area contributed by atoms with Crippen molar-refractivity contribution in [1.82, 2.24) is 5.32 Å². The van der Waals surface area contributed by atoms with Crippen LogP contribution in [0.15, 0.2) is 24.3 Å². The van der Waals surface area contributed by atoms with Gasteiger partial charge in [-0.05, 0) is 25.1 Å². The van der Waals surface area contributed by atoms with Crippen molar-refractivity contribution in [3.05, 3.63) is 29.1 Å². The maximum absolute atomic E-state index is 11.2. The second-order valence-electron chi connectivity index (χ2n) is 3.28. The molecule has 2 N–H and O–H groups in total. The summed E-state index contributed by atoms with van der Waals surface area (Å²) in [6.45, 7) is 2.06. The van der Waals surface area contributed by atoms with E-state index in [1.54, 1.807) is 18.4 Å². The Bertz CT molecular complexity index is 504. The third kappa shape index (κ3) is 1.94. The molecule has 15 heavy (non-hydrogen) atoms. The van der Waals surface area contributed by atoms with Crippen molar-refractivity contribution in [2.24, 2.45) is 0 Å². The minimum atomic E-state index is -0.189. The van der Waals surface area contributed by atoms with Gasteiger partial charge in [0.1, 0.15) is 0 Å². The van der Waals surface area contributed by atoms with Gasteiger partial charge in [0.25, 0.3) is 0 Å². The topological polar surface area (TPSA) is 41.1 Å². The van der Waals surface area contributed by atoms with E-state index >= 15 is 0 Å². The van der Waals surface area contributed by atoms with E-state index in [9.17, 15) is 4.79 Å². The summed E-state index contributed by atoms with van der Waals surface area (Å²) in [5, 5.41) is 6.44. The van der Waals surface area contributed by atoms with Gasteiger partial charge in [0, 0.05) is 22.0 Å². The number of carbonyl (C=O) groups excluding carboxylic acids is 1. The molecule has 0 aliphatic heterocycles. The fraction of sp³-hybridized carbons (Fsp3) is 0.182. The molecule has 0 aliphatic rings. The van der Waals surface area contributed by atoms with Crippen molar-refractivity contribution in [3.8, 4) is 0 Å². The van der Waals surface area contributed by atoms with E-state index in [4.69, 9.17) is 0 Å². The highest BCUT2D eigenvalue weighted by Crippen LogP contribution is 2.30. The smallest absolute Gasteiger partial charge is 0.318 e. The van der Waals surface area contributed by atoms with Crippen LogP contribution in [0.2, 0.25) is 0 Å². The monoisotopic (exact) mass is 220 g/mol. The third-order valence-electron chi connectivity index (χ3n) is 2.16. The summed E-state index contributed by atoms with van der Waals surface area (Å²) in [4.78, 5) is 12.5. The highest BCUT2D eigenvalue weighted by Gasteiger charge is 2.05. The number of thiophene rings is 1. The Morgan fingerprint density at radius 1 is 1.40 bits per heavy atom. The number of rotatable bonds is 1. The summed E-state index contributed by atoms with van der Waals surface area (Å²) >= 11 is 1.73. The molecule has 1 heterocycles. The summed E-state index contributed by atoms with van der Waals surface area (Å²) in [5.41, 5.74) is 0.858. The molecule has 0 spiro atoms. The molecule has 0 radical (unpaired) electrons. The summed E-state index contributed by atoms with van der Waals surface area (Å²) in [6.07, 6.45) is 0. The van der Waals surface area contributed by atoms with Crippen LogP contribution in [0, 0.1) is 6.92 Å². The minimum absolute atomic E-state index is 0.189. The van der Waals surface area contributed by atoms with Crippen LogP contribution in [-0.2, 0) is 0 Å². The first kappa shape index (κ1) is 9.98. The van der Waals surface area contributed by atoms with E-state index in [0.717, 1.165) is 11.1 Å². The number of nitrogens with one attached hydrogen (secondary N) is 2. The lowest BCUT2D eigenvalue weighted by molar-refractivity contribution is 0.254. The molecular formula is C11H12N2OS. The molecule has 0 aliphatic carbocycles. The molecule has 0 atom stereocenters. The SMILES string of the molecule is CNC(=O)Nc1cccc2sc(C)cc12. The lowest BCUT2D eigenvalue weighted by atomic mass is 10.2. The number of aryl methyl sites for hydroxylation is 1.